The first-order valence-electron chi connectivity index (χ1n) is 15.3. The van der Waals surface area contributed by atoms with Crippen LogP contribution in [0.3, 0.4) is 0 Å². The second-order valence-corrected chi connectivity index (χ2v) is 13.8. The van der Waals surface area contributed by atoms with Crippen molar-refractivity contribution in [1.82, 2.24) is 0 Å². The fourth-order valence-corrected chi connectivity index (χ4v) is 10.2. The summed E-state index contributed by atoms with van der Waals surface area (Å²) in [6, 6.07) is 0. The van der Waals surface area contributed by atoms with E-state index in [0.29, 0.717) is 35.4 Å². The van der Waals surface area contributed by atoms with Gasteiger partial charge in [-0.1, -0.05) is 47.5 Å². The average molecular weight is 517 g/mol. The smallest absolute Gasteiger partial charge is 0.308 e. The van der Waals surface area contributed by atoms with Crippen molar-refractivity contribution in [3.05, 3.63) is 0 Å². The van der Waals surface area contributed by atoms with Gasteiger partial charge < -0.3 is 9.47 Å². The molecule has 0 aromatic heterocycles. The number of fused-ring (bicyclic) bond motifs is 5. The summed E-state index contributed by atoms with van der Waals surface area (Å²) < 4.78 is 10.6. The van der Waals surface area contributed by atoms with Crippen molar-refractivity contribution in [2.75, 3.05) is 7.11 Å². The molecule has 2 unspecified atom stereocenters. The standard InChI is InChI=1S/C32H52O5/c1-8-23-27-18-22(37-21(4)33)14-16-32(27,6)26-15-17-31(5)24(12-13-25(31)28(26)29(23)34)19(2)10-9-11-20(3)30(35)36-7/h19-20,22-28H,8-18H2,1-7H3/t19-,20?,22-,23?,24-,25+,26+,27+,28+,31-,32-/m1/s1. The van der Waals surface area contributed by atoms with Gasteiger partial charge in [0.25, 0.3) is 0 Å². The molecule has 0 spiro atoms. The number of carbonyl (C=O) groups excluding carboxylic acids is 3. The van der Waals surface area contributed by atoms with Crippen LogP contribution in [0.2, 0.25) is 0 Å². The lowest BCUT2D eigenvalue weighted by molar-refractivity contribution is -0.178. The maximum atomic E-state index is 14.3. The summed E-state index contributed by atoms with van der Waals surface area (Å²) >= 11 is 0. The molecule has 0 saturated heterocycles. The Bertz CT molecular complexity index is 867. The fraction of sp³-hybridized carbons (Fsp3) is 0.906. The molecule has 4 aliphatic rings. The number of esters is 2. The predicted octanol–water partition coefficient (Wildman–Crippen LogP) is 7.01. The lowest BCUT2D eigenvalue weighted by atomic mass is 9.42. The van der Waals surface area contributed by atoms with Crippen molar-refractivity contribution >= 4 is 17.7 Å². The van der Waals surface area contributed by atoms with Gasteiger partial charge in [-0.2, -0.15) is 0 Å². The number of ether oxygens (including phenoxy) is 2. The molecule has 0 aromatic carbocycles. The molecule has 0 heterocycles. The van der Waals surface area contributed by atoms with Crippen LogP contribution in [0.5, 0.6) is 0 Å². The molecule has 0 bridgehead atoms. The van der Waals surface area contributed by atoms with Gasteiger partial charge in [0.2, 0.25) is 0 Å². The first-order valence-corrected chi connectivity index (χ1v) is 15.3. The van der Waals surface area contributed by atoms with Gasteiger partial charge in [0.1, 0.15) is 11.9 Å². The number of Topliss-reactive ketones (excluding diaryl/α,β-unsaturated/α-hetero) is 1. The summed E-state index contributed by atoms with van der Waals surface area (Å²) in [6.45, 7) is 13.1. The second kappa shape index (κ2) is 11.0. The number of ketones is 1. The highest BCUT2D eigenvalue weighted by atomic mass is 16.5. The number of hydrogen-bond donors (Lipinski definition) is 0. The van der Waals surface area contributed by atoms with Gasteiger partial charge in [0.15, 0.2) is 0 Å². The van der Waals surface area contributed by atoms with E-state index in [2.05, 4.69) is 27.7 Å². The first-order chi connectivity index (χ1) is 17.5. The number of carbonyl (C=O) groups is 3. The molecule has 4 aliphatic carbocycles. The van der Waals surface area contributed by atoms with E-state index >= 15 is 0 Å². The van der Waals surface area contributed by atoms with E-state index in [1.54, 1.807) is 0 Å². The molecule has 5 heteroatoms. The van der Waals surface area contributed by atoms with E-state index < -0.39 is 0 Å². The van der Waals surface area contributed by atoms with Crippen LogP contribution in [0.4, 0.5) is 0 Å². The topological polar surface area (TPSA) is 69.7 Å². The van der Waals surface area contributed by atoms with Crippen LogP contribution in [0.25, 0.3) is 0 Å². The summed E-state index contributed by atoms with van der Waals surface area (Å²) in [6.07, 6.45) is 11.6. The highest BCUT2D eigenvalue weighted by Gasteiger charge is 2.65. The van der Waals surface area contributed by atoms with Crippen molar-refractivity contribution in [1.29, 1.82) is 0 Å². The molecule has 4 rings (SSSR count). The third kappa shape index (κ3) is 5.02. The molecule has 0 aliphatic heterocycles. The Morgan fingerprint density at radius 3 is 2.30 bits per heavy atom. The maximum absolute atomic E-state index is 14.3. The van der Waals surface area contributed by atoms with Crippen molar-refractivity contribution in [2.45, 2.75) is 118 Å². The monoisotopic (exact) mass is 516 g/mol. The fourth-order valence-electron chi connectivity index (χ4n) is 10.2. The van der Waals surface area contributed by atoms with Crippen LogP contribution in [-0.4, -0.2) is 30.9 Å². The van der Waals surface area contributed by atoms with Gasteiger partial charge in [-0.15, -0.1) is 0 Å². The Morgan fingerprint density at radius 1 is 0.973 bits per heavy atom. The van der Waals surface area contributed by atoms with Crippen molar-refractivity contribution in [3.8, 4) is 0 Å². The molecule has 11 atom stereocenters. The zero-order valence-electron chi connectivity index (χ0n) is 24.5. The third-order valence-corrected chi connectivity index (χ3v) is 12.1. The molecular weight excluding hydrogens is 464 g/mol. The second-order valence-electron chi connectivity index (χ2n) is 13.8. The predicted molar refractivity (Wildman–Crippen MR) is 145 cm³/mol. The van der Waals surface area contributed by atoms with Crippen LogP contribution in [0.1, 0.15) is 112 Å². The van der Waals surface area contributed by atoms with Gasteiger partial charge in [-0.25, -0.2) is 0 Å². The minimum atomic E-state index is -0.194. The SMILES string of the molecule is CCC1C(=O)[C@@H]2[C@H](CC[C@]3(C)[C@@H]([C@H](C)CCCC(C)C(=O)OC)CC[C@@H]23)[C@@]2(C)CC[C@@H](OC(C)=O)C[C@@H]12. The highest BCUT2D eigenvalue weighted by Crippen LogP contribution is 2.68. The maximum Gasteiger partial charge on any atom is 0.308 e. The Balaban J connectivity index is 1.49. The Hall–Kier alpha value is -1.39. The van der Waals surface area contributed by atoms with Gasteiger partial charge >= 0.3 is 11.9 Å². The lowest BCUT2D eigenvalue weighted by Crippen LogP contribution is -2.60. The van der Waals surface area contributed by atoms with E-state index in [9.17, 15) is 14.4 Å². The quantitative estimate of drug-likeness (QED) is 0.325. The van der Waals surface area contributed by atoms with Crippen molar-refractivity contribution in [3.63, 3.8) is 0 Å². The molecule has 37 heavy (non-hydrogen) atoms. The minimum absolute atomic E-state index is 0.0264. The summed E-state index contributed by atoms with van der Waals surface area (Å²) in [5.41, 5.74) is 0.408. The summed E-state index contributed by atoms with van der Waals surface area (Å²) in [5, 5.41) is 0. The van der Waals surface area contributed by atoms with Crippen molar-refractivity contribution < 1.29 is 23.9 Å². The molecule has 0 N–H and O–H groups in total. The highest BCUT2D eigenvalue weighted by molar-refractivity contribution is 5.86. The molecule has 0 aromatic rings. The number of methoxy groups -OCH3 is 1. The molecular formula is C32H52O5. The summed E-state index contributed by atoms with van der Waals surface area (Å²) in [4.78, 5) is 37.8. The third-order valence-electron chi connectivity index (χ3n) is 12.1. The molecule has 4 fully saturated rings. The molecule has 210 valence electrons. The van der Waals surface area contributed by atoms with Crippen LogP contribution in [0, 0.1) is 58.2 Å². The van der Waals surface area contributed by atoms with Gasteiger partial charge in [-0.05, 0) is 98.2 Å². The van der Waals surface area contributed by atoms with E-state index in [1.807, 2.05) is 6.92 Å². The first kappa shape index (κ1) is 28.6. The lowest BCUT2D eigenvalue weighted by Gasteiger charge is -2.62. The van der Waals surface area contributed by atoms with Crippen LogP contribution >= 0.6 is 0 Å². The molecule has 0 amide bonds. The van der Waals surface area contributed by atoms with Crippen LogP contribution in [0.15, 0.2) is 0 Å². The Morgan fingerprint density at radius 2 is 1.65 bits per heavy atom. The molecule has 5 nitrogen and oxygen atoms in total. The van der Waals surface area contributed by atoms with Gasteiger partial charge in [0.05, 0.1) is 13.0 Å². The van der Waals surface area contributed by atoms with Crippen LogP contribution in [-0.2, 0) is 23.9 Å². The largest absolute Gasteiger partial charge is 0.469 e. The van der Waals surface area contributed by atoms with E-state index in [1.165, 1.54) is 33.3 Å². The molecule has 0 radical (unpaired) electrons. The normalized spacial score (nSPS) is 42.7. The summed E-state index contributed by atoms with van der Waals surface area (Å²) in [5.74, 6) is 3.08. The summed E-state index contributed by atoms with van der Waals surface area (Å²) in [7, 11) is 1.47. The van der Waals surface area contributed by atoms with E-state index in [4.69, 9.17) is 9.47 Å². The van der Waals surface area contributed by atoms with Crippen molar-refractivity contribution in [2.24, 2.45) is 58.2 Å². The zero-order chi connectivity index (χ0) is 27.1. The van der Waals surface area contributed by atoms with Gasteiger partial charge in [-0.3, -0.25) is 14.4 Å². The van der Waals surface area contributed by atoms with E-state index in [-0.39, 0.29) is 46.6 Å². The Labute approximate surface area is 225 Å². The molecule has 4 saturated carbocycles. The Kier molecular flexibility index (Phi) is 8.51. The zero-order valence-corrected chi connectivity index (χ0v) is 24.5. The van der Waals surface area contributed by atoms with E-state index in [0.717, 1.165) is 51.4 Å². The number of hydrogen-bond acceptors (Lipinski definition) is 5. The van der Waals surface area contributed by atoms with Crippen LogP contribution < -0.4 is 0 Å². The average Bonchev–Trinajstić information content (AvgIpc) is 3.21. The van der Waals surface area contributed by atoms with Gasteiger partial charge in [0, 0.05) is 18.8 Å². The minimum Gasteiger partial charge on any atom is -0.469 e. The number of rotatable bonds is 8.